The zero-order valence-corrected chi connectivity index (χ0v) is 65.5. The molecule has 9 N–H and O–H groups in total. The normalized spacial score (nSPS) is 22.2. The van der Waals surface area contributed by atoms with Crippen molar-refractivity contribution in [1.29, 1.82) is 0 Å². The average Bonchev–Trinajstić information content (AvgIpc) is 0.791. The van der Waals surface area contributed by atoms with Crippen molar-refractivity contribution in [2.45, 2.75) is 396 Å². The molecule has 14 nitrogen and oxygen atoms in total. The lowest BCUT2D eigenvalue weighted by Crippen LogP contribution is -2.65. The Kier molecular flexibility index (Phi) is 66.2. The van der Waals surface area contributed by atoms with Crippen LogP contribution in [0.4, 0.5) is 0 Å². The Morgan fingerprint density at radius 1 is 0.356 bits per heavy atom. The number of carbonyl (C=O) groups excluding carboxylic acids is 1. The van der Waals surface area contributed by atoms with E-state index in [4.69, 9.17) is 18.9 Å². The summed E-state index contributed by atoms with van der Waals surface area (Å²) in [5, 5.41) is 87.9. The van der Waals surface area contributed by atoms with E-state index in [1.165, 1.54) is 173 Å². The van der Waals surface area contributed by atoms with Gasteiger partial charge in [-0.2, -0.15) is 0 Å². The van der Waals surface area contributed by atoms with Crippen molar-refractivity contribution >= 4 is 5.91 Å². The number of allylic oxidation sites excluding steroid dienone is 24. The van der Waals surface area contributed by atoms with Gasteiger partial charge in [-0.3, -0.25) is 4.79 Å². The number of rotatable bonds is 69. The van der Waals surface area contributed by atoms with Crippen molar-refractivity contribution in [3.63, 3.8) is 0 Å². The van der Waals surface area contributed by atoms with Crippen LogP contribution in [0.3, 0.4) is 0 Å². The Labute approximate surface area is 633 Å². The Morgan fingerprint density at radius 3 is 1.00 bits per heavy atom. The zero-order valence-electron chi connectivity index (χ0n) is 65.5. The number of aliphatic hydroxyl groups is 8. The molecule has 0 aromatic heterocycles. The molecule has 0 radical (unpaired) electrons. The smallest absolute Gasteiger partial charge is 0.220 e. The highest BCUT2D eigenvalue weighted by atomic mass is 16.7. The van der Waals surface area contributed by atoms with Crippen LogP contribution in [0.2, 0.25) is 0 Å². The molecule has 2 heterocycles. The van der Waals surface area contributed by atoms with Crippen LogP contribution in [-0.4, -0.2) is 140 Å². The number of carbonyl (C=O) groups is 1. The van der Waals surface area contributed by atoms with E-state index < -0.39 is 86.8 Å². The fourth-order valence-corrected chi connectivity index (χ4v) is 13.0. The van der Waals surface area contributed by atoms with E-state index in [0.29, 0.717) is 12.8 Å². The molecule has 14 heteroatoms. The van der Waals surface area contributed by atoms with Gasteiger partial charge in [0.05, 0.1) is 32.0 Å². The number of amides is 1. The van der Waals surface area contributed by atoms with E-state index in [1.54, 1.807) is 0 Å². The first-order valence-corrected chi connectivity index (χ1v) is 42.1. The summed E-state index contributed by atoms with van der Waals surface area (Å²) in [4.78, 5) is 13.4. The molecule has 104 heavy (non-hydrogen) atoms. The lowest BCUT2D eigenvalue weighted by Gasteiger charge is -2.46. The molecular weight excluding hydrogens is 1300 g/mol. The maximum absolute atomic E-state index is 13.4. The van der Waals surface area contributed by atoms with Gasteiger partial charge in [-0.05, 0) is 103 Å². The summed E-state index contributed by atoms with van der Waals surface area (Å²) in [6.07, 6.45) is 91.8. The second-order valence-corrected chi connectivity index (χ2v) is 28.9. The van der Waals surface area contributed by atoms with E-state index >= 15 is 0 Å². The largest absolute Gasteiger partial charge is 0.394 e. The third kappa shape index (κ3) is 53.6. The number of ether oxygens (including phenoxy) is 4. The summed E-state index contributed by atoms with van der Waals surface area (Å²) in [6, 6.07) is -0.866. The van der Waals surface area contributed by atoms with Crippen molar-refractivity contribution in [1.82, 2.24) is 5.32 Å². The summed E-state index contributed by atoms with van der Waals surface area (Å²) < 4.78 is 23.0. The van der Waals surface area contributed by atoms with Crippen molar-refractivity contribution < 1.29 is 64.6 Å². The summed E-state index contributed by atoms with van der Waals surface area (Å²) in [5.41, 5.74) is 0. The van der Waals surface area contributed by atoms with Crippen LogP contribution in [0.25, 0.3) is 0 Å². The summed E-state index contributed by atoms with van der Waals surface area (Å²) in [6.45, 7) is 2.75. The minimum absolute atomic E-state index is 0.240. The maximum Gasteiger partial charge on any atom is 0.220 e. The van der Waals surface area contributed by atoms with E-state index in [9.17, 15) is 45.6 Å². The predicted molar refractivity (Wildman–Crippen MR) is 433 cm³/mol. The molecule has 2 aliphatic rings. The monoisotopic (exact) mass is 1460 g/mol. The third-order valence-electron chi connectivity index (χ3n) is 19.6. The molecule has 1 amide bonds. The van der Waals surface area contributed by atoms with Gasteiger partial charge in [0.1, 0.15) is 48.8 Å². The van der Waals surface area contributed by atoms with Gasteiger partial charge in [0.15, 0.2) is 12.6 Å². The standard InChI is InChI=1S/C90H153NO13/c1-3-5-7-9-11-13-15-17-19-21-23-25-27-29-31-33-35-36-37-38-39-40-41-42-44-46-48-50-52-54-56-58-60-62-64-66-68-70-72-74-82(95)91-78(77-101-89-87(100)85(98)88(81(76-93)103-89)104-90-86(99)84(97)83(96)80(75-92)102-90)79(94)73-71-69-67-65-63-61-59-57-55-53-51-49-47-45-43-34-32-30-28-26-24-22-20-18-16-14-12-10-8-6-4-2/h5,7,11,13,17,19,23,25,29,31,35-36,38-39,41-42,46,48,52,54,58,60,64,66,78-81,83-90,92-94,96-100H,3-4,6,8-10,12,14-16,18,20-22,24,26-28,30,32-34,37,40,43-45,47,49-51,53,55-57,59,61-63,65,67-77H2,1-2H3,(H,91,95)/b7-5-,13-11-,19-17-,25-23-,31-29-,36-35-,39-38-,42-41-,48-46-,54-52-,60-58-,66-64-. The Morgan fingerprint density at radius 2 is 0.663 bits per heavy atom. The van der Waals surface area contributed by atoms with Crippen LogP contribution in [0.15, 0.2) is 146 Å². The molecule has 2 aliphatic heterocycles. The minimum Gasteiger partial charge on any atom is -0.394 e. The molecule has 0 spiro atoms. The van der Waals surface area contributed by atoms with Crippen LogP contribution in [-0.2, 0) is 23.7 Å². The fraction of sp³-hybridized carbons (Fsp3) is 0.722. The Balaban J connectivity index is 1.64. The fourth-order valence-electron chi connectivity index (χ4n) is 13.0. The molecule has 596 valence electrons. The lowest BCUT2D eigenvalue weighted by atomic mass is 9.97. The van der Waals surface area contributed by atoms with Crippen LogP contribution >= 0.6 is 0 Å². The first-order valence-electron chi connectivity index (χ1n) is 42.1. The van der Waals surface area contributed by atoms with Gasteiger partial charge in [-0.25, -0.2) is 0 Å². The maximum atomic E-state index is 13.4. The Hall–Kier alpha value is -4.13. The van der Waals surface area contributed by atoms with Gasteiger partial charge in [0.25, 0.3) is 0 Å². The minimum atomic E-state index is -1.80. The number of hydrogen-bond donors (Lipinski definition) is 9. The Bertz CT molecular complexity index is 2320. The van der Waals surface area contributed by atoms with Crippen molar-refractivity contribution in [3.8, 4) is 0 Å². The molecule has 2 rings (SSSR count). The van der Waals surface area contributed by atoms with Gasteiger partial charge in [0, 0.05) is 6.42 Å². The zero-order chi connectivity index (χ0) is 75.1. The molecule has 0 bridgehead atoms. The molecule has 0 saturated carbocycles. The van der Waals surface area contributed by atoms with Gasteiger partial charge < -0.3 is 65.1 Å². The number of hydrogen-bond acceptors (Lipinski definition) is 13. The third-order valence-corrected chi connectivity index (χ3v) is 19.6. The number of unbranched alkanes of at least 4 members (excludes halogenated alkanes) is 32. The van der Waals surface area contributed by atoms with Gasteiger partial charge >= 0.3 is 0 Å². The van der Waals surface area contributed by atoms with Crippen LogP contribution in [0.5, 0.6) is 0 Å². The first-order chi connectivity index (χ1) is 51.1. The topological polar surface area (TPSA) is 228 Å². The van der Waals surface area contributed by atoms with Crippen molar-refractivity contribution in [2.24, 2.45) is 0 Å². The van der Waals surface area contributed by atoms with Crippen LogP contribution < -0.4 is 5.32 Å². The first kappa shape index (κ1) is 95.9. The molecule has 0 aromatic carbocycles. The summed E-state index contributed by atoms with van der Waals surface area (Å²) in [5.74, 6) is -0.250. The SMILES string of the molecule is CC/C=C\C/C=C\C/C=C\C/C=C\C/C=C\C/C=C\C/C=C\C/C=C\C/C=C\C/C=C\C/C=C\C/C=C\CCCCC(=O)NC(COC1OC(CO)C(OC2OC(CO)C(O)C(O)C2O)C(O)C1O)C(O)CCCCCCCCCCCCCCCCCCCCCCCCCCCCCCCCC. The van der Waals surface area contributed by atoms with Crippen LogP contribution in [0.1, 0.15) is 322 Å². The molecule has 0 aromatic rings. The van der Waals surface area contributed by atoms with E-state index in [0.717, 1.165) is 116 Å². The lowest BCUT2D eigenvalue weighted by molar-refractivity contribution is -0.359. The molecule has 2 saturated heterocycles. The quantitative estimate of drug-likeness (QED) is 0.0204. The van der Waals surface area contributed by atoms with Gasteiger partial charge in [0.2, 0.25) is 5.91 Å². The molecular formula is C90H153NO13. The predicted octanol–water partition coefficient (Wildman–Crippen LogP) is 19.9. The second-order valence-electron chi connectivity index (χ2n) is 28.9. The summed E-state index contributed by atoms with van der Waals surface area (Å²) >= 11 is 0. The van der Waals surface area contributed by atoms with E-state index in [1.807, 2.05) is 0 Å². The van der Waals surface area contributed by atoms with Crippen LogP contribution in [0, 0.1) is 0 Å². The van der Waals surface area contributed by atoms with Gasteiger partial charge in [-0.15, -0.1) is 0 Å². The van der Waals surface area contributed by atoms with Crippen molar-refractivity contribution in [2.75, 3.05) is 19.8 Å². The number of nitrogens with one attached hydrogen (secondary N) is 1. The second kappa shape index (κ2) is 71.8. The molecule has 12 unspecified atom stereocenters. The molecule has 0 aliphatic carbocycles. The summed E-state index contributed by atoms with van der Waals surface area (Å²) in [7, 11) is 0. The molecule has 12 atom stereocenters. The van der Waals surface area contributed by atoms with E-state index in [-0.39, 0.29) is 18.9 Å². The highest BCUT2D eigenvalue weighted by Gasteiger charge is 2.51. The highest BCUT2D eigenvalue weighted by molar-refractivity contribution is 5.76. The van der Waals surface area contributed by atoms with Gasteiger partial charge in [-0.1, -0.05) is 359 Å². The highest BCUT2D eigenvalue weighted by Crippen LogP contribution is 2.30. The molecule has 2 fully saturated rings. The average molecular weight is 1460 g/mol. The number of aliphatic hydroxyl groups excluding tert-OH is 8. The van der Waals surface area contributed by atoms with Crippen molar-refractivity contribution in [3.05, 3.63) is 146 Å². The van der Waals surface area contributed by atoms with E-state index in [2.05, 4.69) is 165 Å².